The fourth-order valence-corrected chi connectivity index (χ4v) is 6.68. The summed E-state index contributed by atoms with van der Waals surface area (Å²) in [6.45, 7) is 5.83. The van der Waals surface area contributed by atoms with E-state index in [0.29, 0.717) is 6.54 Å². The number of ether oxygens (including phenoxy) is 1. The van der Waals surface area contributed by atoms with Crippen LogP contribution in [0.1, 0.15) is 30.5 Å². The van der Waals surface area contributed by atoms with Gasteiger partial charge < -0.3 is 15.0 Å². The van der Waals surface area contributed by atoms with E-state index in [4.69, 9.17) is 16.3 Å². The first-order valence-electron chi connectivity index (χ1n) is 15.1. The number of nitrogens with one attached hydrogen (secondary N) is 1. The minimum atomic E-state index is -4.29. The van der Waals surface area contributed by atoms with Crippen LogP contribution in [0.15, 0.2) is 108 Å². The highest BCUT2D eigenvalue weighted by Gasteiger charge is 2.35. The van der Waals surface area contributed by atoms with Crippen LogP contribution in [0.3, 0.4) is 0 Å². The van der Waals surface area contributed by atoms with Crippen LogP contribution in [-0.2, 0) is 32.6 Å². The Morgan fingerprint density at radius 3 is 2.15 bits per heavy atom. The lowest BCUT2D eigenvalue weighted by Crippen LogP contribution is -2.53. The second-order valence-corrected chi connectivity index (χ2v) is 13.8. The van der Waals surface area contributed by atoms with E-state index in [2.05, 4.69) is 5.32 Å². The third kappa shape index (κ3) is 8.89. The van der Waals surface area contributed by atoms with Gasteiger partial charge in [-0.3, -0.25) is 13.9 Å². The molecule has 0 spiro atoms. The van der Waals surface area contributed by atoms with Gasteiger partial charge >= 0.3 is 0 Å². The lowest BCUT2D eigenvalue weighted by Gasteiger charge is -2.34. The fraction of sp³-hybridized carbons (Fsp3) is 0.278. The van der Waals surface area contributed by atoms with Crippen LogP contribution < -0.4 is 14.4 Å². The molecule has 1 N–H and O–H groups in total. The van der Waals surface area contributed by atoms with E-state index < -0.39 is 28.5 Å². The van der Waals surface area contributed by atoms with Crippen molar-refractivity contribution in [3.8, 4) is 5.75 Å². The molecule has 0 aromatic heterocycles. The van der Waals surface area contributed by atoms with Gasteiger partial charge in [-0.2, -0.15) is 0 Å². The Bertz CT molecular complexity index is 1730. The minimum absolute atomic E-state index is 0.00873. The van der Waals surface area contributed by atoms with Gasteiger partial charge in [0.2, 0.25) is 11.8 Å². The lowest BCUT2D eigenvalue weighted by molar-refractivity contribution is -0.140. The van der Waals surface area contributed by atoms with E-state index in [0.717, 1.165) is 21.0 Å². The molecule has 0 bridgehead atoms. The summed E-state index contributed by atoms with van der Waals surface area (Å²) in [7, 11) is -2.87. The Hall–Kier alpha value is -4.34. The molecule has 0 aliphatic heterocycles. The number of hydrogen-bond acceptors (Lipinski definition) is 5. The zero-order valence-corrected chi connectivity index (χ0v) is 28.1. The van der Waals surface area contributed by atoms with Crippen LogP contribution in [0, 0.1) is 12.8 Å². The van der Waals surface area contributed by atoms with Crippen LogP contribution in [0.4, 0.5) is 5.69 Å². The first-order chi connectivity index (χ1) is 22.0. The number of benzene rings is 4. The van der Waals surface area contributed by atoms with Crippen LogP contribution in [0.2, 0.25) is 5.02 Å². The summed E-state index contributed by atoms with van der Waals surface area (Å²) in [5.41, 5.74) is 2.76. The van der Waals surface area contributed by atoms with Crippen molar-refractivity contribution in [3.05, 3.63) is 125 Å². The number of rotatable bonds is 14. The van der Waals surface area contributed by atoms with E-state index in [-0.39, 0.29) is 46.1 Å². The van der Waals surface area contributed by atoms with E-state index in [9.17, 15) is 18.0 Å². The van der Waals surface area contributed by atoms with Crippen LogP contribution >= 0.6 is 11.6 Å². The van der Waals surface area contributed by atoms with E-state index in [1.807, 2.05) is 75.4 Å². The number of nitrogens with zero attached hydrogens (tertiary/aromatic N) is 2. The van der Waals surface area contributed by atoms with Crippen molar-refractivity contribution in [1.29, 1.82) is 0 Å². The molecule has 1 unspecified atom stereocenters. The molecule has 1 atom stereocenters. The van der Waals surface area contributed by atoms with Gasteiger partial charge in [0.25, 0.3) is 10.0 Å². The molecule has 8 nitrogen and oxygen atoms in total. The van der Waals surface area contributed by atoms with Gasteiger partial charge in [-0.25, -0.2) is 8.42 Å². The number of methoxy groups -OCH3 is 1. The Labute approximate surface area is 277 Å². The molecular formula is C36H40ClN3O5S. The fourth-order valence-electron chi connectivity index (χ4n) is 5.07. The first kappa shape index (κ1) is 34.5. The van der Waals surface area contributed by atoms with E-state index in [1.54, 1.807) is 30.3 Å². The molecule has 0 saturated heterocycles. The number of aryl methyl sites for hydroxylation is 1. The molecule has 4 rings (SSSR count). The predicted octanol–water partition coefficient (Wildman–Crippen LogP) is 6.26. The third-order valence-electron chi connectivity index (χ3n) is 7.41. The summed E-state index contributed by atoms with van der Waals surface area (Å²) in [4.78, 5) is 30.0. The maximum atomic E-state index is 14.6. The molecule has 0 radical (unpaired) electrons. The van der Waals surface area contributed by atoms with Crippen LogP contribution in [-0.4, -0.2) is 51.4 Å². The van der Waals surface area contributed by atoms with Crippen molar-refractivity contribution in [2.45, 2.75) is 44.7 Å². The maximum Gasteiger partial charge on any atom is 0.264 e. The summed E-state index contributed by atoms with van der Waals surface area (Å²) in [5.74, 6) is -0.485. The molecular weight excluding hydrogens is 622 g/mol. The molecule has 46 heavy (non-hydrogen) atoms. The standard InChI is InChI=1S/C36H40ClN3O5S/c1-26(2)23-38-36(42)33(21-28-13-7-5-8-14-28)39(24-29-15-11-12-27(3)20-29)35(41)25-40(32-22-30(37)18-19-34(32)45-4)46(43,44)31-16-9-6-10-17-31/h5-20,22,26,33H,21,23-25H2,1-4H3,(H,38,42). The molecule has 0 heterocycles. The second-order valence-electron chi connectivity index (χ2n) is 11.5. The molecule has 10 heteroatoms. The summed E-state index contributed by atoms with van der Waals surface area (Å²) < 4.78 is 35.0. The number of hydrogen-bond donors (Lipinski definition) is 1. The van der Waals surface area contributed by atoms with E-state index in [1.165, 1.54) is 30.2 Å². The SMILES string of the molecule is COc1ccc(Cl)cc1N(CC(=O)N(Cc1cccc(C)c1)C(Cc1ccccc1)C(=O)NCC(C)C)S(=O)(=O)c1ccccc1. The van der Waals surface area contributed by atoms with Crippen molar-refractivity contribution in [2.75, 3.05) is 24.5 Å². The van der Waals surface area contributed by atoms with Gasteiger partial charge in [0.05, 0.1) is 17.7 Å². The molecule has 4 aromatic carbocycles. The molecule has 0 fully saturated rings. The molecule has 0 aliphatic rings. The normalized spacial score (nSPS) is 12.0. The number of carbonyl (C=O) groups excluding carboxylic acids is 2. The summed E-state index contributed by atoms with van der Waals surface area (Å²) in [6.07, 6.45) is 0.230. The molecule has 0 saturated carbocycles. The zero-order valence-electron chi connectivity index (χ0n) is 26.5. The maximum absolute atomic E-state index is 14.6. The Balaban J connectivity index is 1.84. The largest absolute Gasteiger partial charge is 0.495 e. The van der Waals surface area contributed by atoms with Gasteiger partial charge in [0.1, 0.15) is 18.3 Å². The van der Waals surface area contributed by atoms with Crippen molar-refractivity contribution >= 4 is 39.1 Å². The highest BCUT2D eigenvalue weighted by atomic mass is 35.5. The van der Waals surface area contributed by atoms with Crippen molar-refractivity contribution in [2.24, 2.45) is 5.92 Å². The molecule has 0 aliphatic carbocycles. The van der Waals surface area contributed by atoms with Gasteiger partial charge in [-0.05, 0) is 54.3 Å². The molecule has 2 amide bonds. The third-order valence-corrected chi connectivity index (χ3v) is 9.42. The number of sulfonamides is 1. The highest BCUT2D eigenvalue weighted by molar-refractivity contribution is 7.92. The Morgan fingerprint density at radius 1 is 0.870 bits per heavy atom. The summed E-state index contributed by atoms with van der Waals surface area (Å²) in [6, 6.07) is 28.6. The monoisotopic (exact) mass is 661 g/mol. The van der Waals surface area contributed by atoms with Gasteiger partial charge in [0.15, 0.2) is 0 Å². The average Bonchev–Trinajstić information content (AvgIpc) is 3.04. The van der Waals surface area contributed by atoms with Gasteiger partial charge in [-0.15, -0.1) is 0 Å². The number of halogens is 1. The average molecular weight is 662 g/mol. The van der Waals surface area contributed by atoms with Crippen LogP contribution in [0.25, 0.3) is 0 Å². The zero-order chi connectivity index (χ0) is 33.3. The minimum Gasteiger partial charge on any atom is -0.495 e. The summed E-state index contributed by atoms with van der Waals surface area (Å²) >= 11 is 6.35. The van der Waals surface area contributed by atoms with Crippen LogP contribution in [0.5, 0.6) is 5.75 Å². The number of carbonyl (C=O) groups is 2. The molecule has 4 aromatic rings. The summed E-state index contributed by atoms with van der Waals surface area (Å²) in [5, 5.41) is 3.27. The van der Waals surface area contributed by atoms with Crippen molar-refractivity contribution in [1.82, 2.24) is 10.2 Å². The smallest absolute Gasteiger partial charge is 0.264 e. The number of amides is 2. The molecule has 242 valence electrons. The van der Waals surface area contributed by atoms with E-state index >= 15 is 0 Å². The van der Waals surface area contributed by atoms with Crippen molar-refractivity contribution in [3.63, 3.8) is 0 Å². The number of anilines is 1. The highest BCUT2D eigenvalue weighted by Crippen LogP contribution is 2.35. The second kappa shape index (κ2) is 15.8. The topological polar surface area (TPSA) is 96.0 Å². The lowest BCUT2D eigenvalue weighted by atomic mass is 10.0. The van der Waals surface area contributed by atoms with Crippen molar-refractivity contribution < 1.29 is 22.7 Å². The van der Waals surface area contributed by atoms with Gasteiger partial charge in [0, 0.05) is 24.5 Å². The quantitative estimate of drug-likeness (QED) is 0.172. The Kier molecular flexibility index (Phi) is 11.8. The van der Waals surface area contributed by atoms with Gasteiger partial charge in [-0.1, -0.05) is 104 Å². The predicted molar refractivity (Wildman–Crippen MR) is 182 cm³/mol. The first-order valence-corrected chi connectivity index (χ1v) is 16.9. The Morgan fingerprint density at radius 2 is 1.52 bits per heavy atom.